The van der Waals surface area contributed by atoms with E-state index < -0.39 is 0 Å². The van der Waals surface area contributed by atoms with Gasteiger partial charge in [0.1, 0.15) is 0 Å². The van der Waals surface area contributed by atoms with Crippen LogP contribution in [-0.2, 0) is 0 Å². The second kappa shape index (κ2) is 6.94. The molecule has 1 saturated heterocycles. The average molecular weight is 342 g/mol. The van der Waals surface area contributed by atoms with Gasteiger partial charge in [-0.15, -0.1) is 0 Å². The molecule has 2 heterocycles. The van der Waals surface area contributed by atoms with Gasteiger partial charge in [-0.25, -0.2) is 4.79 Å². The summed E-state index contributed by atoms with van der Waals surface area (Å²) in [5, 5.41) is 3.34. The molecule has 4 rings (SSSR count). The summed E-state index contributed by atoms with van der Waals surface area (Å²) in [6, 6.07) is 5.05. The highest BCUT2D eigenvalue weighted by atomic mass is 16.2. The van der Waals surface area contributed by atoms with E-state index in [-0.39, 0.29) is 6.03 Å². The number of carbonyl (C=O) groups is 1. The number of carbonyl (C=O) groups excluding carboxylic acids is 1. The van der Waals surface area contributed by atoms with Crippen LogP contribution in [0.5, 0.6) is 0 Å². The molecule has 25 heavy (non-hydrogen) atoms. The van der Waals surface area contributed by atoms with Gasteiger partial charge in [-0.1, -0.05) is 6.07 Å². The highest BCUT2D eigenvalue weighted by Crippen LogP contribution is 2.44. The Kier molecular flexibility index (Phi) is 4.67. The Morgan fingerprint density at radius 1 is 1.32 bits per heavy atom. The average Bonchev–Trinajstić information content (AvgIpc) is 3.53. The van der Waals surface area contributed by atoms with Gasteiger partial charge in [0.15, 0.2) is 0 Å². The smallest absolute Gasteiger partial charge is 0.317 e. The number of rotatable bonds is 6. The van der Waals surface area contributed by atoms with Gasteiger partial charge in [0.2, 0.25) is 0 Å². The van der Waals surface area contributed by atoms with Crippen LogP contribution in [0.25, 0.3) is 0 Å². The molecule has 5 nitrogen and oxygen atoms in total. The number of hydrogen-bond acceptors (Lipinski definition) is 3. The lowest BCUT2D eigenvalue weighted by molar-refractivity contribution is 0.183. The fourth-order valence-electron chi connectivity index (χ4n) is 4.51. The number of likely N-dealkylation sites (tertiary alicyclic amines) is 1. The van der Waals surface area contributed by atoms with Crippen LogP contribution in [0.1, 0.15) is 43.7 Å². The Morgan fingerprint density at radius 3 is 2.64 bits per heavy atom. The number of pyridine rings is 1. The summed E-state index contributed by atoms with van der Waals surface area (Å²) in [4.78, 5) is 21.3. The molecule has 1 aliphatic heterocycles. The van der Waals surface area contributed by atoms with Crippen molar-refractivity contribution in [2.45, 2.75) is 44.2 Å². The van der Waals surface area contributed by atoms with E-state index in [0.29, 0.717) is 18.0 Å². The third kappa shape index (κ3) is 3.81. The number of urea groups is 1. The molecule has 136 valence electrons. The van der Waals surface area contributed by atoms with E-state index in [9.17, 15) is 4.79 Å². The molecular weight excluding hydrogens is 312 g/mol. The number of amides is 2. The van der Waals surface area contributed by atoms with Crippen molar-refractivity contribution in [3.05, 3.63) is 30.1 Å². The lowest BCUT2D eigenvalue weighted by Gasteiger charge is -2.30. The molecule has 1 N–H and O–H groups in total. The summed E-state index contributed by atoms with van der Waals surface area (Å²) in [5.74, 6) is 1.95. The van der Waals surface area contributed by atoms with Crippen LogP contribution in [0.15, 0.2) is 24.5 Å². The minimum atomic E-state index is 0.114. The molecule has 2 aliphatic carbocycles. The maximum Gasteiger partial charge on any atom is 0.317 e. The minimum Gasteiger partial charge on any atom is -0.335 e. The number of hydrogen-bond donors (Lipinski definition) is 1. The topological polar surface area (TPSA) is 48.5 Å². The Labute approximate surface area is 150 Å². The third-order valence-electron chi connectivity index (χ3n) is 6.20. The summed E-state index contributed by atoms with van der Waals surface area (Å²) < 4.78 is 0. The van der Waals surface area contributed by atoms with Crippen LogP contribution < -0.4 is 5.32 Å². The lowest BCUT2D eigenvalue weighted by atomic mass is 9.94. The van der Waals surface area contributed by atoms with E-state index in [1.54, 1.807) is 0 Å². The molecule has 0 bridgehead atoms. The second-order valence-electron chi connectivity index (χ2n) is 8.29. The highest BCUT2D eigenvalue weighted by molar-refractivity contribution is 5.74. The maximum atomic E-state index is 12.7. The molecule has 0 aromatic carbocycles. The first-order chi connectivity index (χ1) is 12.1. The number of nitrogens with one attached hydrogen (secondary N) is 1. The van der Waals surface area contributed by atoms with Crippen molar-refractivity contribution in [1.29, 1.82) is 0 Å². The van der Waals surface area contributed by atoms with E-state index >= 15 is 0 Å². The van der Waals surface area contributed by atoms with Gasteiger partial charge in [-0.2, -0.15) is 0 Å². The predicted octanol–water partition coefficient (Wildman–Crippen LogP) is 2.90. The van der Waals surface area contributed by atoms with Gasteiger partial charge in [-0.05, 0) is 75.1 Å². The van der Waals surface area contributed by atoms with Gasteiger partial charge in [0.05, 0.1) is 0 Å². The van der Waals surface area contributed by atoms with E-state index in [2.05, 4.69) is 28.3 Å². The summed E-state index contributed by atoms with van der Waals surface area (Å²) >= 11 is 0. The second-order valence-corrected chi connectivity index (χ2v) is 8.29. The molecule has 2 amide bonds. The zero-order valence-electron chi connectivity index (χ0n) is 15.4. The van der Waals surface area contributed by atoms with Crippen molar-refractivity contribution in [2.24, 2.45) is 17.8 Å². The van der Waals surface area contributed by atoms with Gasteiger partial charge >= 0.3 is 6.03 Å². The standard InChI is InChI=1S/C20H30N4O/c1-23-11-9-17(19(23)16-4-3-10-21-12-16)13-24(2)20(25)22-18(14-5-6-14)15-7-8-15/h3-4,10,12,14-15,17-19H,5-9,11,13H2,1-2H3,(H,22,25)/t17-,19-/m0/s1. The van der Waals surface area contributed by atoms with Crippen molar-refractivity contribution in [2.75, 3.05) is 27.2 Å². The van der Waals surface area contributed by atoms with Gasteiger partial charge in [0.25, 0.3) is 0 Å². The third-order valence-corrected chi connectivity index (χ3v) is 6.20. The Bertz CT molecular complexity index is 587. The molecule has 2 atom stereocenters. The fraction of sp³-hybridized carbons (Fsp3) is 0.700. The fourth-order valence-corrected chi connectivity index (χ4v) is 4.51. The Hall–Kier alpha value is -1.62. The molecular formula is C20H30N4O. The summed E-state index contributed by atoms with van der Waals surface area (Å²) in [5.41, 5.74) is 1.26. The monoisotopic (exact) mass is 342 g/mol. The van der Waals surface area contributed by atoms with Crippen molar-refractivity contribution in [1.82, 2.24) is 20.1 Å². The molecule has 1 aromatic rings. The summed E-state index contributed by atoms with van der Waals surface area (Å²) in [6.45, 7) is 1.88. The van der Waals surface area contributed by atoms with Gasteiger partial charge in [0, 0.05) is 38.1 Å². The normalized spacial score (nSPS) is 26.8. The summed E-state index contributed by atoms with van der Waals surface area (Å²) in [6.07, 6.45) is 10.1. The molecule has 3 aliphatic rings. The van der Waals surface area contributed by atoms with Crippen molar-refractivity contribution in [3.63, 3.8) is 0 Å². The van der Waals surface area contributed by atoms with Crippen LogP contribution in [-0.4, -0.2) is 54.0 Å². The lowest BCUT2D eigenvalue weighted by Crippen LogP contribution is -2.46. The van der Waals surface area contributed by atoms with Crippen LogP contribution in [0, 0.1) is 17.8 Å². The Balaban J connectivity index is 1.37. The molecule has 0 radical (unpaired) electrons. The molecule has 1 aromatic heterocycles. The molecule has 0 spiro atoms. The van der Waals surface area contributed by atoms with Crippen molar-refractivity contribution in [3.8, 4) is 0 Å². The van der Waals surface area contributed by atoms with Crippen molar-refractivity contribution >= 4 is 6.03 Å². The maximum absolute atomic E-state index is 12.7. The van der Waals surface area contributed by atoms with Gasteiger partial charge in [-0.3, -0.25) is 9.88 Å². The van der Waals surface area contributed by atoms with Crippen LogP contribution in [0.4, 0.5) is 4.79 Å². The molecule has 5 heteroatoms. The van der Waals surface area contributed by atoms with E-state index in [1.165, 1.54) is 31.2 Å². The van der Waals surface area contributed by atoms with Gasteiger partial charge < -0.3 is 10.2 Å². The number of nitrogens with zero attached hydrogens (tertiary/aromatic N) is 3. The van der Waals surface area contributed by atoms with Crippen molar-refractivity contribution < 1.29 is 4.79 Å². The SMILES string of the molecule is CN(C[C@@H]1CCN(C)[C@H]1c1cccnc1)C(=O)NC(C1CC1)C1CC1. The largest absolute Gasteiger partial charge is 0.335 e. The zero-order chi connectivity index (χ0) is 17.4. The first kappa shape index (κ1) is 16.8. The molecule has 3 fully saturated rings. The van der Waals surface area contributed by atoms with Crippen LogP contribution in [0.2, 0.25) is 0 Å². The van der Waals surface area contributed by atoms with E-state index in [1.807, 2.05) is 30.4 Å². The zero-order valence-corrected chi connectivity index (χ0v) is 15.4. The first-order valence-corrected chi connectivity index (χ1v) is 9.75. The Morgan fingerprint density at radius 2 is 2.04 bits per heavy atom. The summed E-state index contributed by atoms with van der Waals surface area (Å²) in [7, 11) is 4.12. The molecule has 0 unspecified atom stereocenters. The van der Waals surface area contributed by atoms with E-state index in [4.69, 9.17) is 0 Å². The number of aromatic nitrogens is 1. The highest BCUT2D eigenvalue weighted by Gasteiger charge is 2.43. The predicted molar refractivity (Wildman–Crippen MR) is 98.1 cm³/mol. The van der Waals surface area contributed by atoms with Crippen LogP contribution in [0.3, 0.4) is 0 Å². The molecule has 2 saturated carbocycles. The van der Waals surface area contributed by atoms with E-state index in [0.717, 1.165) is 31.3 Å². The first-order valence-electron chi connectivity index (χ1n) is 9.75. The quantitative estimate of drug-likeness (QED) is 0.865. The van der Waals surface area contributed by atoms with Crippen LogP contribution >= 0.6 is 0 Å². The minimum absolute atomic E-state index is 0.114.